The van der Waals surface area contributed by atoms with E-state index in [0.29, 0.717) is 24.7 Å². The van der Waals surface area contributed by atoms with E-state index in [0.717, 1.165) is 28.2 Å². The molecule has 1 aliphatic heterocycles. The van der Waals surface area contributed by atoms with Gasteiger partial charge >= 0.3 is 0 Å². The molecule has 0 bridgehead atoms. The molecule has 0 amide bonds. The molecular weight excluding hydrogens is 478 g/mol. The molecule has 3 heterocycles. The highest BCUT2D eigenvalue weighted by Gasteiger charge is 2.15. The Kier molecular flexibility index (Phi) is 7.49. The predicted octanol–water partition coefficient (Wildman–Crippen LogP) is 4.50. The first-order valence-electron chi connectivity index (χ1n) is 10.2. The third kappa shape index (κ3) is 6.02. The maximum Gasteiger partial charge on any atom is 0.238 e. The zero-order valence-corrected chi connectivity index (χ0v) is 20.4. The maximum absolute atomic E-state index is 11.1. The third-order valence-electron chi connectivity index (χ3n) is 4.79. The van der Waals surface area contributed by atoms with Crippen molar-refractivity contribution in [2.24, 2.45) is 5.14 Å². The molecule has 5 rings (SSSR count). The normalized spacial score (nSPS) is 13.2. The number of benzene rings is 2. The molecule has 0 saturated heterocycles. The van der Waals surface area contributed by atoms with Gasteiger partial charge in [0.25, 0.3) is 0 Å². The van der Waals surface area contributed by atoms with Crippen LogP contribution in [-0.2, 0) is 16.4 Å². The lowest BCUT2D eigenvalue weighted by atomic mass is 10.1. The Morgan fingerprint density at radius 3 is 2.61 bits per heavy atom. The molecule has 33 heavy (non-hydrogen) atoms. The summed E-state index contributed by atoms with van der Waals surface area (Å²) in [4.78, 5) is 11.3. The van der Waals surface area contributed by atoms with Crippen LogP contribution in [0.4, 0.5) is 0 Å². The van der Waals surface area contributed by atoms with Gasteiger partial charge in [0.05, 0.1) is 23.1 Å². The molecule has 0 aliphatic carbocycles. The van der Waals surface area contributed by atoms with E-state index < -0.39 is 10.0 Å². The number of primary sulfonamides is 1. The van der Waals surface area contributed by atoms with Gasteiger partial charge in [-0.3, -0.25) is 0 Å². The highest BCUT2D eigenvalue weighted by atomic mass is 32.2. The van der Waals surface area contributed by atoms with Crippen molar-refractivity contribution in [1.82, 2.24) is 9.97 Å². The Labute approximate surface area is 201 Å². The minimum atomic E-state index is -3.68. The van der Waals surface area contributed by atoms with Gasteiger partial charge in [0.15, 0.2) is 11.5 Å². The average molecular weight is 502 g/mol. The van der Waals surface area contributed by atoms with E-state index in [2.05, 4.69) is 40.5 Å². The fourth-order valence-corrected chi connectivity index (χ4v) is 5.30. The molecule has 2 aromatic carbocycles. The summed E-state index contributed by atoms with van der Waals surface area (Å²) in [5.41, 5.74) is 2.34. The average Bonchev–Trinajstić information content (AvgIpc) is 3.06. The van der Waals surface area contributed by atoms with Crippen molar-refractivity contribution in [2.45, 2.75) is 22.6 Å². The summed E-state index contributed by atoms with van der Waals surface area (Å²) in [5.74, 6) is 0.985. The minimum absolute atomic E-state index is 0.0340. The first-order chi connectivity index (χ1) is 15.9. The Morgan fingerprint density at radius 1 is 1.06 bits per heavy atom. The van der Waals surface area contributed by atoms with E-state index in [1.165, 1.54) is 22.6 Å². The van der Waals surface area contributed by atoms with Crippen LogP contribution in [0.25, 0.3) is 10.3 Å². The molecule has 0 radical (unpaired) electrons. The fraction of sp³-hybridized carbons (Fsp3) is 0.217. The number of pyridine rings is 1. The van der Waals surface area contributed by atoms with Gasteiger partial charge in [0.2, 0.25) is 10.0 Å². The van der Waals surface area contributed by atoms with E-state index in [9.17, 15) is 8.42 Å². The first-order valence-corrected chi connectivity index (χ1v) is 13.8. The van der Waals surface area contributed by atoms with E-state index in [4.69, 9.17) is 14.6 Å². The smallest absolute Gasteiger partial charge is 0.238 e. The van der Waals surface area contributed by atoms with Crippen molar-refractivity contribution in [1.29, 1.82) is 0 Å². The van der Waals surface area contributed by atoms with Gasteiger partial charge in [0, 0.05) is 30.0 Å². The lowest BCUT2D eigenvalue weighted by Gasteiger charge is -2.07. The molecule has 0 saturated carbocycles. The van der Waals surface area contributed by atoms with E-state index in [1.807, 2.05) is 18.3 Å². The topological polar surface area (TPSA) is 104 Å². The number of nitrogens with zero attached hydrogens (tertiary/aromatic N) is 2. The molecule has 2 aromatic heterocycles. The maximum atomic E-state index is 11.1. The van der Waals surface area contributed by atoms with Gasteiger partial charge in [0.1, 0.15) is 10.3 Å². The van der Waals surface area contributed by atoms with Crippen LogP contribution in [0.5, 0.6) is 11.5 Å². The van der Waals surface area contributed by atoms with Crippen molar-refractivity contribution in [2.75, 3.05) is 19.5 Å². The van der Waals surface area contributed by atoms with E-state index in [-0.39, 0.29) is 4.90 Å². The summed E-state index contributed by atoms with van der Waals surface area (Å²) < 4.78 is 32.9. The summed E-state index contributed by atoms with van der Waals surface area (Å²) in [6.07, 6.45) is 5.59. The summed E-state index contributed by atoms with van der Waals surface area (Å²) in [7, 11) is -3.68. The summed E-state index contributed by atoms with van der Waals surface area (Å²) >= 11 is 3.46. The van der Waals surface area contributed by atoms with Gasteiger partial charge in [-0.25, -0.2) is 23.5 Å². The van der Waals surface area contributed by atoms with Crippen LogP contribution in [0.3, 0.4) is 0 Å². The number of aromatic nitrogens is 2. The number of sulfonamides is 1. The number of rotatable bonds is 4. The molecule has 0 atom stereocenters. The zero-order valence-electron chi connectivity index (χ0n) is 17.9. The SMILES string of the molecule is CSc1ccccc1Cc1nc2cccnc2s1.NS(=O)(=O)c1ccc2c(c1)OCCCO2. The number of ether oxygens (including phenoxy) is 2. The van der Waals surface area contributed by atoms with Gasteiger partial charge in [-0.1, -0.05) is 29.5 Å². The highest BCUT2D eigenvalue weighted by Crippen LogP contribution is 2.31. The number of hydrogen-bond acceptors (Lipinski definition) is 8. The lowest BCUT2D eigenvalue weighted by molar-refractivity contribution is 0.297. The summed E-state index contributed by atoms with van der Waals surface area (Å²) in [5, 5.41) is 6.13. The second-order valence-electron chi connectivity index (χ2n) is 7.13. The second-order valence-corrected chi connectivity index (χ2v) is 10.6. The molecular formula is C23H23N3O4S3. The standard InChI is InChI=1S/C14H12N2S2.C9H11NO4S/c1-17-12-7-3-2-5-10(12)9-13-16-11-6-4-8-15-14(11)18-13;10-15(11,12)7-2-3-8-9(6-7)14-5-1-4-13-8/h2-8H,9H2,1H3;2-3,6H,1,4-5H2,(H2,10,11,12). The molecule has 4 aromatic rings. The van der Waals surface area contributed by atoms with Crippen LogP contribution >= 0.6 is 23.1 Å². The summed E-state index contributed by atoms with van der Waals surface area (Å²) in [6, 6.07) is 16.8. The van der Waals surface area contributed by atoms with Gasteiger partial charge in [-0.05, 0) is 42.2 Å². The van der Waals surface area contributed by atoms with E-state index in [1.54, 1.807) is 29.2 Å². The van der Waals surface area contributed by atoms with Gasteiger partial charge in [-0.2, -0.15) is 0 Å². The molecule has 0 unspecified atom stereocenters. The van der Waals surface area contributed by atoms with Crippen LogP contribution in [-0.4, -0.2) is 37.9 Å². The van der Waals surface area contributed by atoms with Gasteiger partial charge < -0.3 is 9.47 Å². The van der Waals surface area contributed by atoms with Crippen molar-refractivity contribution in [3.63, 3.8) is 0 Å². The number of nitrogens with two attached hydrogens (primary N) is 1. The van der Waals surface area contributed by atoms with Crippen LogP contribution in [0.15, 0.2) is 70.6 Å². The van der Waals surface area contributed by atoms with Crippen LogP contribution in [0.1, 0.15) is 17.0 Å². The molecule has 7 nitrogen and oxygen atoms in total. The lowest BCUT2D eigenvalue weighted by Crippen LogP contribution is -2.12. The molecule has 1 aliphatic rings. The predicted molar refractivity (Wildman–Crippen MR) is 132 cm³/mol. The number of fused-ring (bicyclic) bond motifs is 2. The van der Waals surface area contributed by atoms with Gasteiger partial charge in [-0.15, -0.1) is 11.8 Å². The van der Waals surface area contributed by atoms with Crippen molar-refractivity contribution in [3.8, 4) is 11.5 Å². The van der Waals surface area contributed by atoms with Crippen molar-refractivity contribution >= 4 is 43.5 Å². The zero-order chi connectivity index (χ0) is 23.3. The molecule has 10 heteroatoms. The number of hydrogen-bond donors (Lipinski definition) is 1. The van der Waals surface area contributed by atoms with Crippen LogP contribution in [0.2, 0.25) is 0 Å². The quantitative estimate of drug-likeness (QED) is 0.411. The number of thioether (sulfide) groups is 1. The number of thiazole rings is 1. The highest BCUT2D eigenvalue weighted by molar-refractivity contribution is 7.98. The molecule has 2 N–H and O–H groups in total. The second kappa shape index (κ2) is 10.5. The fourth-order valence-electron chi connectivity index (χ4n) is 3.22. The summed E-state index contributed by atoms with van der Waals surface area (Å²) in [6.45, 7) is 1.09. The minimum Gasteiger partial charge on any atom is -0.490 e. The third-order valence-corrected chi connectivity index (χ3v) is 7.52. The van der Waals surface area contributed by atoms with Crippen LogP contribution < -0.4 is 14.6 Å². The molecule has 172 valence electrons. The Bertz CT molecular complexity index is 1320. The molecule has 0 fully saturated rings. The van der Waals surface area contributed by atoms with E-state index >= 15 is 0 Å². The Hall–Kier alpha value is -2.66. The molecule has 0 spiro atoms. The first kappa shape index (κ1) is 23.5. The van der Waals surface area contributed by atoms with Crippen LogP contribution in [0, 0.1) is 0 Å². The van der Waals surface area contributed by atoms with Crippen molar-refractivity contribution < 1.29 is 17.9 Å². The largest absolute Gasteiger partial charge is 0.490 e. The Balaban J connectivity index is 0.000000160. The van der Waals surface area contributed by atoms with Crippen molar-refractivity contribution in [3.05, 3.63) is 71.4 Å². The monoisotopic (exact) mass is 501 g/mol. The Morgan fingerprint density at radius 2 is 1.85 bits per heavy atom.